The van der Waals surface area contributed by atoms with Gasteiger partial charge in [-0.1, -0.05) is 11.6 Å². The molecule has 6 heteroatoms. The van der Waals surface area contributed by atoms with Crippen LogP contribution in [0.4, 0.5) is 5.69 Å². The molecule has 0 atom stereocenters. The fourth-order valence-electron chi connectivity index (χ4n) is 1.72. The minimum Gasteiger partial charge on any atom is -0.497 e. The molecule has 0 radical (unpaired) electrons. The number of ether oxygens (including phenoxy) is 2. The molecule has 0 spiro atoms. The molecule has 4 nitrogen and oxygen atoms in total. The Morgan fingerprint density at radius 1 is 1.10 bits per heavy atom. The van der Waals surface area contributed by atoms with Crippen molar-refractivity contribution < 1.29 is 14.3 Å². The van der Waals surface area contributed by atoms with Crippen molar-refractivity contribution in [2.24, 2.45) is 0 Å². The molecule has 110 valence electrons. The molecule has 0 aliphatic heterocycles. The average molecular weight is 418 g/mol. The molecule has 0 unspecified atom stereocenters. The SMILES string of the molecule is COc1cc(OC)cc(C(=O)Nc2ccc(I)cc2Cl)c1. The van der Waals surface area contributed by atoms with E-state index in [1.165, 1.54) is 14.2 Å². The van der Waals surface area contributed by atoms with Crippen LogP contribution in [0.15, 0.2) is 36.4 Å². The third kappa shape index (κ3) is 4.01. The number of benzene rings is 2. The van der Waals surface area contributed by atoms with Gasteiger partial charge in [0.2, 0.25) is 0 Å². The lowest BCUT2D eigenvalue weighted by Gasteiger charge is -2.10. The molecule has 21 heavy (non-hydrogen) atoms. The van der Waals surface area contributed by atoms with Crippen molar-refractivity contribution in [3.05, 3.63) is 50.6 Å². The van der Waals surface area contributed by atoms with Gasteiger partial charge in [-0.2, -0.15) is 0 Å². The molecule has 0 heterocycles. The first-order valence-electron chi connectivity index (χ1n) is 6.03. The van der Waals surface area contributed by atoms with Crippen LogP contribution in [0, 0.1) is 3.57 Å². The van der Waals surface area contributed by atoms with E-state index in [-0.39, 0.29) is 5.91 Å². The Hall–Kier alpha value is -1.47. The van der Waals surface area contributed by atoms with Crippen LogP contribution in [0.1, 0.15) is 10.4 Å². The second kappa shape index (κ2) is 7.00. The van der Waals surface area contributed by atoms with E-state index >= 15 is 0 Å². The first-order chi connectivity index (χ1) is 10.0. The van der Waals surface area contributed by atoms with Crippen molar-refractivity contribution in [2.75, 3.05) is 19.5 Å². The normalized spacial score (nSPS) is 10.1. The first-order valence-corrected chi connectivity index (χ1v) is 7.48. The summed E-state index contributed by atoms with van der Waals surface area (Å²) in [5, 5.41) is 3.26. The average Bonchev–Trinajstić information content (AvgIpc) is 2.49. The van der Waals surface area contributed by atoms with Crippen LogP contribution in [0.2, 0.25) is 5.02 Å². The topological polar surface area (TPSA) is 47.6 Å². The van der Waals surface area contributed by atoms with Gasteiger partial charge >= 0.3 is 0 Å². The van der Waals surface area contributed by atoms with E-state index in [9.17, 15) is 4.79 Å². The summed E-state index contributed by atoms with van der Waals surface area (Å²) < 4.78 is 11.3. The van der Waals surface area contributed by atoms with E-state index < -0.39 is 0 Å². The highest BCUT2D eigenvalue weighted by Gasteiger charge is 2.12. The third-order valence-corrected chi connectivity index (χ3v) is 3.78. The highest BCUT2D eigenvalue weighted by molar-refractivity contribution is 14.1. The fraction of sp³-hybridized carbons (Fsp3) is 0.133. The molecule has 0 saturated heterocycles. The highest BCUT2D eigenvalue weighted by atomic mass is 127. The molecule has 0 aromatic heterocycles. The monoisotopic (exact) mass is 417 g/mol. The summed E-state index contributed by atoms with van der Waals surface area (Å²) in [6.45, 7) is 0. The van der Waals surface area contributed by atoms with Gasteiger partial charge in [-0.15, -0.1) is 0 Å². The Labute approximate surface area is 141 Å². The van der Waals surface area contributed by atoms with Gasteiger partial charge in [0.25, 0.3) is 5.91 Å². The number of nitrogens with one attached hydrogen (secondary N) is 1. The van der Waals surface area contributed by atoms with Gasteiger partial charge in [0.1, 0.15) is 11.5 Å². The van der Waals surface area contributed by atoms with E-state index in [2.05, 4.69) is 27.9 Å². The van der Waals surface area contributed by atoms with E-state index in [0.717, 1.165) is 3.57 Å². The van der Waals surface area contributed by atoms with Gasteiger partial charge in [-0.3, -0.25) is 4.79 Å². The number of anilines is 1. The van der Waals surface area contributed by atoms with Crippen LogP contribution in [-0.2, 0) is 0 Å². The maximum Gasteiger partial charge on any atom is 0.255 e. The standard InChI is InChI=1S/C15H13ClINO3/c1-20-11-5-9(6-12(8-11)21-2)15(19)18-14-4-3-10(17)7-13(14)16/h3-8H,1-2H3,(H,18,19). The van der Waals surface area contributed by atoms with E-state index in [4.69, 9.17) is 21.1 Å². The van der Waals surface area contributed by atoms with Crippen molar-refractivity contribution in [1.82, 2.24) is 0 Å². The number of amides is 1. The van der Waals surface area contributed by atoms with E-state index in [1.807, 2.05) is 6.07 Å². The number of carbonyl (C=O) groups is 1. The summed E-state index contributed by atoms with van der Waals surface area (Å²) in [5.41, 5.74) is 0.990. The predicted octanol–water partition coefficient (Wildman–Crippen LogP) is 4.21. The van der Waals surface area contributed by atoms with Crippen molar-refractivity contribution in [2.45, 2.75) is 0 Å². The number of rotatable bonds is 4. The molecule has 0 saturated carbocycles. The molecule has 1 amide bonds. The molecule has 0 aliphatic rings. The lowest BCUT2D eigenvalue weighted by atomic mass is 10.2. The Kier molecular flexibility index (Phi) is 5.30. The number of hydrogen-bond donors (Lipinski definition) is 1. The maximum atomic E-state index is 12.3. The van der Waals surface area contributed by atoms with Crippen LogP contribution in [0.3, 0.4) is 0 Å². The minimum atomic E-state index is -0.282. The molecule has 2 aromatic carbocycles. The predicted molar refractivity (Wildman–Crippen MR) is 91.7 cm³/mol. The summed E-state index contributed by atoms with van der Waals surface area (Å²) in [5.74, 6) is 0.816. The summed E-state index contributed by atoms with van der Waals surface area (Å²) in [6.07, 6.45) is 0. The fourth-order valence-corrected chi connectivity index (χ4v) is 2.63. The second-order valence-corrected chi connectivity index (χ2v) is 5.83. The first kappa shape index (κ1) is 15.9. The van der Waals surface area contributed by atoms with Gasteiger partial charge in [-0.05, 0) is 52.9 Å². The van der Waals surface area contributed by atoms with Gasteiger partial charge in [0, 0.05) is 15.2 Å². The zero-order chi connectivity index (χ0) is 15.4. The van der Waals surface area contributed by atoms with Crippen molar-refractivity contribution in [1.29, 1.82) is 0 Å². The Morgan fingerprint density at radius 2 is 1.71 bits per heavy atom. The molecular weight excluding hydrogens is 405 g/mol. The van der Waals surface area contributed by atoms with Crippen LogP contribution in [0.5, 0.6) is 11.5 Å². The zero-order valence-electron chi connectivity index (χ0n) is 11.4. The molecule has 1 N–H and O–H groups in total. The number of hydrogen-bond acceptors (Lipinski definition) is 3. The number of halogens is 2. The van der Waals surface area contributed by atoms with Crippen LogP contribution < -0.4 is 14.8 Å². The molecule has 0 bridgehead atoms. The van der Waals surface area contributed by atoms with Crippen molar-refractivity contribution in [3.63, 3.8) is 0 Å². The summed E-state index contributed by atoms with van der Waals surface area (Å²) in [4.78, 5) is 12.3. The maximum absolute atomic E-state index is 12.3. The Balaban J connectivity index is 2.27. The molecular formula is C15H13ClINO3. The third-order valence-electron chi connectivity index (χ3n) is 2.79. The van der Waals surface area contributed by atoms with Crippen LogP contribution in [-0.4, -0.2) is 20.1 Å². The lowest BCUT2D eigenvalue weighted by Crippen LogP contribution is -2.12. The van der Waals surface area contributed by atoms with Gasteiger partial charge < -0.3 is 14.8 Å². The quantitative estimate of drug-likeness (QED) is 0.758. The largest absolute Gasteiger partial charge is 0.497 e. The van der Waals surface area contributed by atoms with Crippen molar-refractivity contribution in [3.8, 4) is 11.5 Å². The number of carbonyl (C=O) groups excluding carboxylic acids is 1. The van der Waals surface area contributed by atoms with Crippen LogP contribution >= 0.6 is 34.2 Å². The Morgan fingerprint density at radius 3 is 2.24 bits per heavy atom. The lowest BCUT2D eigenvalue weighted by molar-refractivity contribution is 0.102. The molecule has 0 fully saturated rings. The summed E-state index contributed by atoms with van der Waals surface area (Å²) >= 11 is 8.26. The van der Waals surface area contributed by atoms with Crippen LogP contribution in [0.25, 0.3) is 0 Å². The highest BCUT2D eigenvalue weighted by Crippen LogP contribution is 2.26. The van der Waals surface area contributed by atoms with Gasteiger partial charge in [-0.25, -0.2) is 0 Å². The smallest absolute Gasteiger partial charge is 0.255 e. The second-order valence-electron chi connectivity index (χ2n) is 4.18. The minimum absolute atomic E-state index is 0.282. The van der Waals surface area contributed by atoms with E-state index in [1.54, 1.807) is 30.3 Å². The zero-order valence-corrected chi connectivity index (χ0v) is 14.4. The Bertz CT molecular complexity index is 654. The molecule has 2 aromatic rings. The van der Waals surface area contributed by atoms with Gasteiger partial charge in [0.15, 0.2) is 0 Å². The summed E-state index contributed by atoms with van der Waals surface area (Å²) in [7, 11) is 3.07. The number of methoxy groups -OCH3 is 2. The summed E-state index contributed by atoms with van der Waals surface area (Å²) in [6, 6.07) is 10.4. The van der Waals surface area contributed by atoms with Gasteiger partial charge in [0.05, 0.1) is 24.9 Å². The molecule has 0 aliphatic carbocycles. The van der Waals surface area contributed by atoms with Crippen molar-refractivity contribution >= 4 is 45.8 Å². The molecule has 2 rings (SSSR count). The van der Waals surface area contributed by atoms with E-state index in [0.29, 0.717) is 27.8 Å².